The molecule has 2 heterocycles. The summed E-state index contributed by atoms with van der Waals surface area (Å²) in [6.07, 6.45) is 4.01. The van der Waals surface area contributed by atoms with Crippen LogP contribution in [0.2, 0.25) is 0 Å². The summed E-state index contributed by atoms with van der Waals surface area (Å²) in [4.78, 5) is 52.0. The van der Waals surface area contributed by atoms with Crippen LogP contribution in [-0.4, -0.2) is 60.0 Å². The van der Waals surface area contributed by atoms with E-state index < -0.39 is 56.5 Å². The lowest BCUT2D eigenvalue weighted by Crippen LogP contribution is -2.54. The summed E-state index contributed by atoms with van der Waals surface area (Å²) in [5, 5.41) is 5.94. The van der Waals surface area contributed by atoms with E-state index in [1.54, 1.807) is 13.2 Å². The van der Waals surface area contributed by atoms with Crippen LogP contribution in [0.3, 0.4) is 0 Å². The number of carbonyl (C=O) groups is 3. The van der Waals surface area contributed by atoms with Crippen molar-refractivity contribution in [3.63, 3.8) is 0 Å². The SMILES string of the molecule is C=C[C@@H]1C[C@]1(NC(=O)[C@@H]1CC(Oc2cc(-c3nc(C(C)C)cs3)nc3c(C)c(OC)ccc23)[C@H]2CC[C@H](C(C)C)C(=O)C21)C(=O)NS(=O)(=O)C1CC1. The van der Waals surface area contributed by atoms with Crippen molar-refractivity contribution in [1.29, 1.82) is 0 Å². The van der Waals surface area contributed by atoms with Crippen molar-refractivity contribution < 1.29 is 32.3 Å². The third kappa shape index (κ3) is 6.41. The first-order chi connectivity index (χ1) is 24.7. The molecule has 0 aliphatic heterocycles. The molecule has 4 saturated carbocycles. The fourth-order valence-electron chi connectivity index (χ4n) is 8.37. The van der Waals surface area contributed by atoms with Gasteiger partial charge in [-0.05, 0) is 69.4 Å². The van der Waals surface area contributed by atoms with E-state index >= 15 is 0 Å². The number of carbonyl (C=O) groups excluding carboxylic acids is 3. The topological polar surface area (TPSA) is 154 Å². The van der Waals surface area contributed by atoms with Gasteiger partial charge in [-0.2, -0.15) is 0 Å². The third-order valence-electron chi connectivity index (χ3n) is 11.7. The Morgan fingerprint density at radius 3 is 2.46 bits per heavy atom. The van der Waals surface area contributed by atoms with E-state index in [1.165, 1.54) is 11.3 Å². The molecule has 4 aliphatic rings. The maximum absolute atomic E-state index is 14.4. The molecular weight excluding hydrogens is 701 g/mol. The largest absolute Gasteiger partial charge is 0.496 e. The normalized spacial score (nSPS) is 28.5. The molecule has 2 amide bonds. The van der Waals surface area contributed by atoms with Crippen molar-refractivity contribution in [2.75, 3.05) is 7.11 Å². The zero-order valence-corrected chi connectivity index (χ0v) is 32.2. The Labute approximate surface area is 309 Å². The van der Waals surface area contributed by atoms with Gasteiger partial charge in [0.2, 0.25) is 15.9 Å². The number of Topliss-reactive ketones (excluding diaryl/α,β-unsaturated/α-hetero) is 1. The van der Waals surface area contributed by atoms with Gasteiger partial charge in [0.25, 0.3) is 5.91 Å². The van der Waals surface area contributed by atoms with Gasteiger partial charge in [-0.3, -0.25) is 19.1 Å². The number of amides is 2. The Balaban J connectivity index is 1.23. The molecule has 278 valence electrons. The zero-order valence-electron chi connectivity index (χ0n) is 30.6. The van der Waals surface area contributed by atoms with Crippen molar-refractivity contribution in [3.8, 4) is 22.2 Å². The molecule has 0 spiro atoms. The molecule has 2 unspecified atom stereocenters. The molecule has 7 atom stereocenters. The fourth-order valence-corrected chi connectivity index (χ4v) is 10.7. The molecule has 0 saturated heterocycles. The van der Waals surface area contributed by atoms with Crippen molar-refractivity contribution in [1.82, 2.24) is 20.0 Å². The molecule has 2 aromatic heterocycles. The fraction of sp³-hybridized carbons (Fsp3) is 0.564. The van der Waals surface area contributed by atoms with Crippen LogP contribution >= 0.6 is 11.3 Å². The smallest absolute Gasteiger partial charge is 0.259 e. The van der Waals surface area contributed by atoms with Gasteiger partial charge in [0.1, 0.15) is 39.6 Å². The zero-order chi connectivity index (χ0) is 37.3. The summed E-state index contributed by atoms with van der Waals surface area (Å²) in [5.74, 6) is -1.71. The van der Waals surface area contributed by atoms with E-state index in [9.17, 15) is 22.8 Å². The number of ketones is 1. The maximum Gasteiger partial charge on any atom is 0.259 e. The summed E-state index contributed by atoms with van der Waals surface area (Å²) < 4.78 is 40.2. The minimum atomic E-state index is -3.83. The molecule has 4 aliphatic carbocycles. The van der Waals surface area contributed by atoms with Crippen molar-refractivity contribution >= 4 is 49.9 Å². The van der Waals surface area contributed by atoms with Gasteiger partial charge in [0, 0.05) is 46.1 Å². The Hall–Kier alpha value is -3.84. The molecule has 3 aromatic rings. The quantitative estimate of drug-likeness (QED) is 0.209. The number of thiazole rings is 1. The van der Waals surface area contributed by atoms with Crippen LogP contribution in [0.4, 0.5) is 0 Å². The van der Waals surface area contributed by atoms with Crippen LogP contribution < -0.4 is 19.5 Å². The lowest BCUT2D eigenvalue weighted by Gasteiger charge is -2.36. The first-order valence-corrected chi connectivity index (χ1v) is 20.8. The number of fused-ring (bicyclic) bond motifs is 2. The highest BCUT2D eigenvalue weighted by Gasteiger charge is 2.63. The van der Waals surface area contributed by atoms with Crippen LogP contribution in [0, 0.1) is 42.4 Å². The first-order valence-electron chi connectivity index (χ1n) is 18.3. The number of nitrogens with zero attached hydrogens (tertiary/aromatic N) is 2. The van der Waals surface area contributed by atoms with Gasteiger partial charge in [-0.25, -0.2) is 18.4 Å². The second kappa shape index (κ2) is 13.5. The Kier molecular flexibility index (Phi) is 9.51. The monoisotopic (exact) mass is 748 g/mol. The summed E-state index contributed by atoms with van der Waals surface area (Å²) in [7, 11) is -2.21. The number of methoxy groups -OCH3 is 1. The average molecular weight is 749 g/mol. The highest BCUT2D eigenvalue weighted by molar-refractivity contribution is 7.91. The third-order valence-corrected chi connectivity index (χ3v) is 14.4. The van der Waals surface area contributed by atoms with Crippen molar-refractivity contribution in [3.05, 3.63) is 47.5 Å². The van der Waals surface area contributed by atoms with Crippen LogP contribution in [0.5, 0.6) is 11.5 Å². The second-order valence-electron chi connectivity index (χ2n) is 15.7. The first kappa shape index (κ1) is 36.5. The number of benzene rings is 1. The van der Waals surface area contributed by atoms with Crippen LogP contribution in [-0.2, 0) is 24.4 Å². The van der Waals surface area contributed by atoms with E-state index in [1.807, 2.05) is 44.4 Å². The maximum atomic E-state index is 14.4. The van der Waals surface area contributed by atoms with E-state index in [0.29, 0.717) is 42.9 Å². The molecule has 2 N–H and O–H groups in total. The van der Waals surface area contributed by atoms with Gasteiger partial charge in [0.15, 0.2) is 0 Å². The van der Waals surface area contributed by atoms with Gasteiger partial charge in [-0.15, -0.1) is 17.9 Å². The number of ether oxygens (including phenoxy) is 2. The van der Waals surface area contributed by atoms with Gasteiger partial charge in [0.05, 0.1) is 29.5 Å². The van der Waals surface area contributed by atoms with Gasteiger partial charge >= 0.3 is 0 Å². The van der Waals surface area contributed by atoms with Crippen LogP contribution in [0.1, 0.15) is 83.4 Å². The standard InChI is InChI=1S/C39H48N4O7S2/c1-8-22-17-39(22,38(46)43-52(47,48)23-9-10-23)42-36(45)27-15-31(25-12-11-24(19(2)3)35(44)33(25)27)50-32-16-28(37-41-29(18-51-37)20(4)5)40-34-21(6)30(49-7)14-13-26(32)34/h8,13-14,16,18-20,22-25,27,31,33H,1,9-12,15,17H2,2-7H3,(H,42,45)(H,43,46)/t22-,24-,25-,27-,31?,33?,39-/m1/s1. The molecule has 7 rings (SSSR count). The number of rotatable bonds is 12. The number of hydrogen-bond acceptors (Lipinski definition) is 10. The Morgan fingerprint density at radius 1 is 1.10 bits per heavy atom. The summed E-state index contributed by atoms with van der Waals surface area (Å²) in [6, 6.07) is 5.71. The predicted molar refractivity (Wildman–Crippen MR) is 200 cm³/mol. The van der Waals surface area contributed by atoms with E-state index in [-0.39, 0.29) is 42.3 Å². The number of aromatic nitrogens is 2. The van der Waals surface area contributed by atoms with Crippen molar-refractivity contribution in [2.24, 2.45) is 35.5 Å². The second-order valence-corrected chi connectivity index (χ2v) is 18.5. The Bertz CT molecular complexity index is 2060. The number of aryl methyl sites for hydroxylation is 1. The molecule has 11 nitrogen and oxygen atoms in total. The highest BCUT2D eigenvalue weighted by atomic mass is 32.2. The highest BCUT2D eigenvalue weighted by Crippen LogP contribution is 2.51. The number of pyridine rings is 1. The van der Waals surface area contributed by atoms with Gasteiger partial charge in [-0.1, -0.05) is 33.8 Å². The minimum absolute atomic E-state index is 0.0493. The molecule has 0 radical (unpaired) electrons. The predicted octanol–water partition coefficient (Wildman–Crippen LogP) is 6.10. The van der Waals surface area contributed by atoms with E-state index in [2.05, 4.69) is 30.5 Å². The minimum Gasteiger partial charge on any atom is -0.496 e. The van der Waals surface area contributed by atoms with E-state index in [4.69, 9.17) is 19.4 Å². The van der Waals surface area contributed by atoms with E-state index in [0.717, 1.165) is 27.2 Å². The molecule has 13 heteroatoms. The average Bonchev–Trinajstić information content (AvgIpc) is 3.99. The molecule has 4 fully saturated rings. The summed E-state index contributed by atoms with van der Waals surface area (Å²) >= 11 is 1.52. The van der Waals surface area contributed by atoms with Crippen molar-refractivity contribution in [2.45, 2.75) is 96.0 Å². The number of sulfonamides is 1. The Morgan fingerprint density at radius 2 is 1.85 bits per heavy atom. The number of nitrogens with one attached hydrogen (secondary N) is 2. The lowest BCUT2D eigenvalue weighted by molar-refractivity contribution is -0.140. The molecule has 1 aromatic carbocycles. The van der Waals surface area contributed by atoms with Gasteiger partial charge < -0.3 is 14.8 Å². The molecule has 52 heavy (non-hydrogen) atoms. The summed E-state index contributed by atoms with van der Waals surface area (Å²) in [6.45, 7) is 14.0. The molecule has 0 bridgehead atoms. The number of hydrogen-bond donors (Lipinski definition) is 2. The molecular formula is C39H48N4O7S2. The van der Waals surface area contributed by atoms with Crippen LogP contribution in [0.15, 0.2) is 36.2 Å². The lowest BCUT2D eigenvalue weighted by atomic mass is 9.68. The summed E-state index contributed by atoms with van der Waals surface area (Å²) in [5.41, 5.74) is 1.78. The van der Waals surface area contributed by atoms with Crippen LogP contribution in [0.25, 0.3) is 21.6 Å².